The molecule has 0 saturated carbocycles. The molecule has 0 aliphatic carbocycles. The van der Waals surface area contributed by atoms with Crippen LogP contribution in [0.25, 0.3) is 5.69 Å². The lowest BCUT2D eigenvalue weighted by Gasteiger charge is -2.12. The first-order chi connectivity index (χ1) is 13.5. The van der Waals surface area contributed by atoms with Crippen LogP contribution in [0.3, 0.4) is 0 Å². The Hall–Kier alpha value is -3.61. The molecule has 1 amide bonds. The normalized spacial score (nSPS) is 10.4. The van der Waals surface area contributed by atoms with Crippen molar-refractivity contribution < 1.29 is 19.1 Å². The van der Waals surface area contributed by atoms with E-state index in [1.165, 1.54) is 7.11 Å². The second kappa shape index (κ2) is 8.39. The third kappa shape index (κ3) is 4.20. The maximum atomic E-state index is 12.5. The zero-order valence-corrected chi connectivity index (χ0v) is 15.9. The number of rotatable bonds is 6. The summed E-state index contributed by atoms with van der Waals surface area (Å²) in [5.41, 5.74) is 3.40. The van der Waals surface area contributed by atoms with Crippen molar-refractivity contribution in [3.8, 4) is 11.4 Å². The summed E-state index contributed by atoms with van der Waals surface area (Å²) in [5.74, 6) is -0.0869. The highest BCUT2D eigenvalue weighted by Gasteiger charge is 2.12. The fraction of sp³-hybridized carbons (Fsp3) is 0.190. The molecular formula is C21H21N3O4. The van der Waals surface area contributed by atoms with Crippen LogP contribution in [-0.2, 0) is 11.3 Å². The molecule has 3 aromatic rings. The SMILES string of the molecule is COC(=O)c1cccc(CNC(=O)c2ccc(-n3cnc(C)c3)c(OC)c2)c1. The predicted octanol–water partition coefficient (Wildman–Crippen LogP) is 2.91. The number of hydrogen-bond donors (Lipinski definition) is 1. The summed E-state index contributed by atoms with van der Waals surface area (Å²) in [7, 11) is 2.89. The molecule has 7 heteroatoms. The topological polar surface area (TPSA) is 82.5 Å². The van der Waals surface area contributed by atoms with Crippen LogP contribution < -0.4 is 10.1 Å². The average molecular weight is 379 g/mol. The maximum absolute atomic E-state index is 12.5. The van der Waals surface area contributed by atoms with Gasteiger partial charge in [0.05, 0.1) is 37.5 Å². The molecule has 7 nitrogen and oxygen atoms in total. The Balaban J connectivity index is 1.73. The Bertz CT molecular complexity index is 1010. The summed E-state index contributed by atoms with van der Waals surface area (Å²) in [6, 6.07) is 12.2. The molecule has 0 radical (unpaired) electrons. The number of carbonyl (C=O) groups excluding carboxylic acids is 2. The van der Waals surface area contributed by atoms with Crippen LogP contribution in [0.2, 0.25) is 0 Å². The van der Waals surface area contributed by atoms with E-state index < -0.39 is 5.97 Å². The second-order valence-corrected chi connectivity index (χ2v) is 6.18. The minimum absolute atomic E-state index is 0.241. The predicted molar refractivity (Wildman–Crippen MR) is 104 cm³/mol. The van der Waals surface area contributed by atoms with Crippen molar-refractivity contribution in [1.29, 1.82) is 0 Å². The summed E-state index contributed by atoms with van der Waals surface area (Å²) in [5, 5.41) is 2.85. The number of benzene rings is 2. The number of hydrogen-bond acceptors (Lipinski definition) is 5. The first-order valence-electron chi connectivity index (χ1n) is 8.66. The Morgan fingerprint density at radius 3 is 2.61 bits per heavy atom. The Morgan fingerprint density at radius 2 is 1.93 bits per heavy atom. The van der Waals surface area contributed by atoms with Gasteiger partial charge in [0.2, 0.25) is 0 Å². The maximum Gasteiger partial charge on any atom is 0.337 e. The van der Waals surface area contributed by atoms with E-state index in [1.54, 1.807) is 43.8 Å². The van der Waals surface area contributed by atoms with Crippen LogP contribution in [0.15, 0.2) is 55.0 Å². The molecule has 2 aromatic carbocycles. The van der Waals surface area contributed by atoms with Gasteiger partial charge in [-0.1, -0.05) is 12.1 Å². The molecule has 0 saturated heterocycles. The first-order valence-corrected chi connectivity index (χ1v) is 8.66. The zero-order valence-electron chi connectivity index (χ0n) is 15.9. The van der Waals surface area contributed by atoms with Crippen LogP contribution in [-0.4, -0.2) is 35.6 Å². The van der Waals surface area contributed by atoms with Gasteiger partial charge in [0.15, 0.2) is 0 Å². The second-order valence-electron chi connectivity index (χ2n) is 6.18. The molecular weight excluding hydrogens is 358 g/mol. The Morgan fingerprint density at radius 1 is 1.11 bits per heavy atom. The van der Waals surface area contributed by atoms with Gasteiger partial charge in [0, 0.05) is 18.3 Å². The van der Waals surface area contributed by atoms with Gasteiger partial charge in [-0.05, 0) is 42.8 Å². The summed E-state index contributed by atoms with van der Waals surface area (Å²) in [6.45, 7) is 2.19. The van der Waals surface area contributed by atoms with Crippen molar-refractivity contribution in [3.63, 3.8) is 0 Å². The number of aromatic nitrogens is 2. The van der Waals surface area contributed by atoms with Gasteiger partial charge in [-0.3, -0.25) is 4.79 Å². The summed E-state index contributed by atoms with van der Waals surface area (Å²) >= 11 is 0. The fourth-order valence-electron chi connectivity index (χ4n) is 2.80. The van der Waals surface area contributed by atoms with Gasteiger partial charge in [-0.2, -0.15) is 0 Å². The van der Waals surface area contributed by atoms with Crippen molar-refractivity contribution in [2.45, 2.75) is 13.5 Å². The lowest BCUT2D eigenvalue weighted by Crippen LogP contribution is -2.23. The van der Waals surface area contributed by atoms with E-state index in [0.29, 0.717) is 16.9 Å². The lowest BCUT2D eigenvalue weighted by molar-refractivity contribution is 0.0600. The number of methoxy groups -OCH3 is 2. The highest BCUT2D eigenvalue weighted by Crippen LogP contribution is 2.24. The third-order valence-electron chi connectivity index (χ3n) is 4.23. The highest BCUT2D eigenvalue weighted by atomic mass is 16.5. The molecule has 0 aliphatic rings. The number of amides is 1. The van der Waals surface area contributed by atoms with E-state index in [0.717, 1.165) is 16.9 Å². The lowest BCUT2D eigenvalue weighted by atomic mass is 10.1. The molecule has 144 valence electrons. The van der Waals surface area contributed by atoms with Crippen molar-refractivity contribution in [2.24, 2.45) is 0 Å². The van der Waals surface area contributed by atoms with E-state index in [1.807, 2.05) is 29.8 Å². The van der Waals surface area contributed by atoms with Gasteiger partial charge < -0.3 is 19.4 Å². The van der Waals surface area contributed by atoms with E-state index >= 15 is 0 Å². The zero-order chi connectivity index (χ0) is 20.1. The molecule has 0 fully saturated rings. The highest BCUT2D eigenvalue weighted by molar-refractivity contribution is 5.95. The molecule has 1 N–H and O–H groups in total. The van der Waals surface area contributed by atoms with Crippen LogP contribution in [0, 0.1) is 6.92 Å². The van der Waals surface area contributed by atoms with E-state index in [4.69, 9.17) is 9.47 Å². The molecule has 0 bridgehead atoms. The fourth-order valence-corrected chi connectivity index (χ4v) is 2.80. The molecule has 0 aliphatic heterocycles. The number of esters is 1. The number of nitrogens with zero attached hydrogens (tertiary/aromatic N) is 2. The molecule has 1 aromatic heterocycles. The van der Waals surface area contributed by atoms with E-state index in [2.05, 4.69) is 10.3 Å². The molecule has 28 heavy (non-hydrogen) atoms. The Kier molecular flexibility index (Phi) is 5.74. The van der Waals surface area contributed by atoms with Gasteiger partial charge in [-0.25, -0.2) is 9.78 Å². The summed E-state index contributed by atoms with van der Waals surface area (Å²) < 4.78 is 12.0. The van der Waals surface area contributed by atoms with Crippen LogP contribution in [0.5, 0.6) is 5.75 Å². The smallest absolute Gasteiger partial charge is 0.337 e. The standard InChI is InChI=1S/C21H21N3O4/c1-14-12-24(13-23-14)18-8-7-16(10-19(18)27-2)20(25)22-11-15-5-4-6-17(9-15)21(26)28-3/h4-10,12-13H,11H2,1-3H3,(H,22,25). The quantitative estimate of drug-likeness (QED) is 0.666. The van der Waals surface area contributed by atoms with E-state index in [-0.39, 0.29) is 12.5 Å². The van der Waals surface area contributed by atoms with Crippen LogP contribution in [0.1, 0.15) is 32.0 Å². The monoisotopic (exact) mass is 379 g/mol. The van der Waals surface area contributed by atoms with Crippen molar-refractivity contribution >= 4 is 11.9 Å². The molecule has 0 spiro atoms. The van der Waals surface area contributed by atoms with Crippen molar-refractivity contribution in [2.75, 3.05) is 14.2 Å². The Labute approximate surface area is 162 Å². The van der Waals surface area contributed by atoms with Gasteiger partial charge in [0.25, 0.3) is 5.91 Å². The number of imidazole rings is 1. The van der Waals surface area contributed by atoms with Crippen LogP contribution in [0.4, 0.5) is 0 Å². The third-order valence-corrected chi connectivity index (χ3v) is 4.23. The molecule has 3 rings (SSSR count). The van der Waals surface area contributed by atoms with Gasteiger partial charge in [-0.15, -0.1) is 0 Å². The van der Waals surface area contributed by atoms with Crippen molar-refractivity contribution in [3.05, 3.63) is 77.4 Å². The van der Waals surface area contributed by atoms with Gasteiger partial charge in [0.1, 0.15) is 5.75 Å². The molecule has 1 heterocycles. The minimum Gasteiger partial charge on any atom is -0.495 e. The number of carbonyl (C=O) groups is 2. The van der Waals surface area contributed by atoms with Gasteiger partial charge >= 0.3 is 5.97 Å². The van der Waals surface area contributed by atoms with Crippen molar-refractivity contribution in [1.82, 2.24) is 14.9 Å². The number of nitrogens with one attached hydrogen (secondary N) is 1. The van der Waals surface area contributed by atoms with Crippen LogP contribution >= 0.6 is 0 Å². The molecule has 0 atom stereocenters. The first kappa shape index (κ1) is 19.2. The number of ether oxygens (including phenoxy) is 2. The summed E-state index contributed by atoms with van der Waals surface area (Å²) in [4.78, 5) is 28.4. The minimum atomic E-state index is -0.414. The number of aryl methyl sites for hydroxylation is 1. The molecule has 0 unspecified atom stereocenters. The summed E-state index contributed by atoms with van der Waals surface area (Å²) in [6.07, 6.45) is 3.58. The largest absolute Gasteiger partial charge is 0.495 e. The van der Waals surface area contributed by atoms with E-state index in [9.17, 15) is 9.59 Å². The average Bonchev–Trinajstić information content (AvgIpc) is 3.17.